The number of hydrogen-bond acceptors (Lipinski definition) is 6. The van der Waals surface area contributed by atoms with E-state index in [9.17, 15) is 8.42 Å². The van der Waals surface area contributed by atoms with Crippen molar-refractivity contribution in [3.63, 3.8) is 0 Å². The number of hydrazone groups is 1. The molecule has 1 aliphatic rings. The van der Waals surface area contributed by atoms with Crippen LogP contribution in [-0.2, 0) is 14.6 Å². The molecule has 0 unspecified atom stereocenters. The molecule has 25 heavy (non-hydrogen) atoms. The molecule has 0 bridgehead atoms. The summed E-state index contributed by atoms with van der Waals surface area (Å²) in [5.41, 5.74) is 5.34. The summed E-state index contributed by atoms with van der Waals surface area (Å²) in [5.74, 6) is 0.371. The maximum atomic E-state index is 11.7. The minimum atomic E-state index is -2.95. The first-order valence-corrected chi connectivity index (χ1v) is 10.3. The topological polar surface area (TPSA) is 97.6 Å². The van der Waals surface area contributed by atoms with Crippen molar-refractivity contribution in [1.29, 1.82) is 0 Å². The summed E-state index contributed by atoms with van der Waals surface area (Å²) in [4.78, 5) is 0. The van der Waals surface area contributed by atoms with Crippen molar-refractivity contribution < 1.29 is 13.2 Å². The van der Waals surface area contributed by atoms with Crippen molar-refractivity contribution in [3.05, 3.63) is 17.0 Å². The highest BCUT2D eigenvalue weighted by Crippen LogP contribution is 2.26. The Balaban J connectivity index is 2.02. The summed E-state index contributed by atoms with van der Waals surface area (Å²) >= 11 is 5.16. The highest BCUT2D eigenvalue weighted by atomic mass is 32.2. The van der Waals surface area contributed by atoms with Crippen molar-refractivity contribution in [2.75, 3.05) is 25.2 Å². The van der Waals surface area contributed by atoms with E-state index >= 15 is 0 Å². The zero-order valence-electron chi connectivity index (χ0n) is 14.9. The maximum Gasteiger partial charge on any atom is 0.187 e. The molecule has 2 atom stereocenters. The van der Waals surface area contributed by atoms with Crippen molar-refractivity contribution >= 4 is 33.4 Å². The summed E-state index contributed by atoms with van der Waals surface area (Å²) < 4.78 is 30.2. The lowest BCUT2D eigenvalue weighted by Crippen LogP contribution is -2.40. The van der Waals surface area contributed by atoms with Crippen molar-refractivity contribution in [2.24, 2.45) is 5.10 Å². The van der Waals surface area contributed by atoms with Crippen LogP contribution in [0.3, 0.4) is 0 Å². The van der Waals surface area contributed by atoms with Crippen LogP contribution in [0.4, 0.5) is 0 Å². The number of methoxy groups -OCH3 is 1. The molecule has 2 rings (SSSR count). The molecule has 2 heterocycles. The lowest BCUT2D eigenvalue weighted by atomic mass is 10.2. The number of aryl methyl sites for hydroxylation is 1. The summed E-state index contributed by atoms with van der Waals surface area (Å²) in [5, 5.41) is 12.1. The molecule has 1 aromatic heterocycles. The fourth-order valence-corrected chi connectivity index (χ4v) is 4.84. The molecule has 1 fully saturated rings. The van der Waals surface area contributed by atoms with Gasteiger partial charge in [-0.1, -0.05) is 0 Å². The Morgan fingerprint density at radius 3 is 2.88 bits per heavy atom. The van der Waals surface area contributed by atoms with Crippen LogP contribution in [0, 0.1) is 13.8 Å². The molecule has 0 saturated carbocycles. The minimum absolute atomic E-state index is 0.0794. The molecule has 0 amide bonds. The second kappa shape index (κ2) is 8.24. The number of sulfone groups is 1. The first-order valence-electron chi connectivity index (χ1n) is 8.08. The minimum Gasteiger partial charge on any atom is -0.383 e. The Kier molecular flexibility index (Phi) is 6.53. The van der Waals surface area contributed by atoms with Crippen LogP contribution in [0.5, 0.6) is 0 Å². The predicted molar refractivity (Wildman–Crippen MR) is 102 cm³/mol. The molecule has 1 aliphatic heterocycles. The Bertz CT molecular complexity index is 757. The van der Waals surface area contributed by atoms with E-state index in [0.29, 0.717) is 18.1 Å². The van der Waals surface area contributed by atoms with E-state index < -0.39 is 9.84 Å². The number of hydrogen-bond donors (Lipinski definition) is 2. The molecule has 0 radical (unpaired) electrons. The zero-order valence-corrected chi connectivity index (χ0v) is 16.6. The highest BCUT2D eigenvalue weighted by molar-refractivity contribution is 7.91. The molecule has 0 aromatic carbocycles. The number of ether oxygens (including phenoxy) is 1. The van der Waals surface area contributed by atoms with Gasteiger partial charge in [0.15, 0.2) is 14.9 Å². The first kappa shape index (κ1) is 19.8. The Labute approximate surface area is 153 Å². The Morgan fingerprint density at radius 2 is 2.28 bits per heavy atom. The lowest BCUT2D eigenvalue weighted by Gasteiger charge is -2.13. The van der Waals surface area contributed by atoms with Gasteiger partial charge < -0.3 is 10.1 Å². The fourth-order valence-electron chi connectivity index (χ4n) is 2.89. The van der Waals surface area contributed by atoms with Crippen molar-refractivity contribution in [2.45, 2.75) is 39.3 Å². The average molecular weight is 388 g/mol. The van der Waals surface area contributed by atoms with Gasteiger partial charge in [0.25, 0.3) is 0 Å². The van der Waals surface area contributed by atoms with E-state index in [1.54, 1.807) is 18.0 Å². The smallest absolute Gasteiger partial charge is 0.187 e. The van der Waals surface area contributed by atoms with E-state index in [4.69, 9.17) is 17.0 Å². The standard InChI is InChI=1S/C15H25N5O3S2/c1-10(8-23-4)17-15(24)18-16-7-14-11(2)19-20(12(14)3)13-5-6-25(21,22)9-13/h7,10,13H,5-6,8-9H2,1-4H3,(H2,17,18,24)/b16-7-/t10-,13-/m0/s1. The molecule has 2 N–H and O–H groups in total. The van der Waals surface area contributed by atoms with Gasteiger partial charge in [0.1, 0.15) is 0 Å². The van der Waals surface area contributed by atoms with Crippen LogP contribution in [0.25, 0.3) is 0 Å². The molecule has 1 aromatic rings. The van der Waals surface area contributed by atoms with Crippen LogP contribution < -0.4 is 10.7 Å². The lowest BCUT2D eigenvalue weighted by molar-refractivity contribution is 0.179. The monoisotopic (exact) mass is 387 g/mol. The van der Waals surface area contributed by atoms with Gasteiger partial charge in [-0.25, -0.2) is 8.42 Å². The predicted octanol–water partition coefficient (Wildman–Crippen LogP) is 0.692. The molecular weight excluding hydrogens is 362 g/mol. The summed E-state index contributed by atoms with van der Waals surface area (Å²) in [6.45, 7) is 6.30. The van der Waals surface area contributed by atoms with E-state index in [1.165, 1.54) is 0 Å². The second-order valence-electron chi connectivity index (χ2n) is 6.29. The maximum absolute atomic E-state index is 11.7. The SMILES string of the molecule is COC[C@H](C)NC(=S)N/N=C\c1c(C)nn([C@H]2CCS(=O)(=O)C2)c1C. The Hall–Kier alpha value is -1.52. The third-order valence-corrected chi connectivity index (χ3v) is 6.05. The van der Waals surface area contributed by atoms with Gasteiger partial charge in [-0.2, -0.15) is 10.2 Å². The van der Waals surface area contributed by atoms with Gasteiger partial charge in [0.2, 0.25) is 0 Å². The quantitative estimate of drug-likeness (QED) is 0.421. The third kappa shape index (κ3) is 5.23. The number of nitrogens with zero attached hydrogens (tertiary/aromatic N) is 3. The largest absolute Gasteiger partial charge is 0.383 e. The molecule has 10 heteroatoms. The van der Waals surface area contributed by atoms with E-state index in [2.05, 4.69) is 20.9 Å². The van der Waals surface area contributed by atoms with E-state index in [1.807, 2.05) is 20.8 Å². The first-order chi connectivity index (χ1) is 11.7. The van der Waals surface area contributed by atoms with Crippen molar-refractivity contribution in [1.82, 2.24) is 20.5 Å². The van der Waals surface area contributed by atoms with E-state index in [-0.39, 0.29) is 23.6 Å². The Morgan fingerprint density at radius 1 is 1.56 bits per heavy atom. The number of nitrogens with one attached hydrogen (secondary N) is 2. The highest BCUT2D eigenvalue weighted by Gasteiger charge is 2.31. The van der Waals surface area contributed by atoms with Gasteiger partial charge in [0.05, 0.1) is 36.1 Å². The second-order valence-corrected chi connectivity index (χ2v) is 8.92. The molecule has 0 aliphatic carbocycles. The van der Waals surface area contributed by atoms with Gasteiger partial charge in [-0.3, -0.25) is 10.1 Å². The van der Waals surface area contributed by atoms with Gasteiger partial charge >= 0.3 is 0 Å². The van der Waals surface area contributed by atoms with Crippen LogP contribution in [0.15, 0.2) is 5.10 Å². The average Bonchev–Trinajstić information content (AvgIpc) is 3.00. The van der Waals surface area contributed by atoms with E-state index in [0.717, 1.165) is 17.0 Å². The summed E-state index contributed by atoms with van der Waals surface area (Å²) in [6.07, 6.45) is 2.26. The number of rotatable bonds is 6. The molecule has 8 nitrogen and oxygen atoms in total. The molecule has 1 saturated heterocycles. The zero-order chi connectivity index (χ0) is 18.6. The summed E-state index contributed by atoms with van der Waals surface area (Å²) in [6, 6.07) is -0.0211. The molecular formula is C15H25N5O3S2. The van der Waals surface area contributed by atoms with Crippen LogP contribution in [-0.4, -0.2) is 60.8 Å². The van der Waals surface area contributed by atoms with Gasteiger partial charge in [-0.05, 0) is 39.4 Å². The molecule has 0 spiro atoms. The molecule has 140 valence electrons. The number of aromatic nitrogens is 2. The summed E-state index contributed by atoms with van der Waals surface area (Å²) in [7, 11) is -1.32. The van der Waals surface area contributed by atoms with Crippen molar-refractivity contribution in [3.8, 4) is 0 Å². The van der Waals surface area contributed by atoms with Crippen LogP contribution in [0.1, 0.15) is 36.3 Å². The van der Waals surface area contributed by atoms with Gasteiger partial charge in [0, 0.05) is 24.4 Å². The van der Waals surface area contributed by atoms with Gasteiger partial charge in [-0.15, -0.1) is 0 Å². The third-order valence-electron chi connectivity index (χ3n) is 4.09. The van der Waals surface area contributed by atoms with Crippen LogP contribution in [0.2, 0.25) is 0 Å². The fraction of sp³-hybridized carbons (Fsp3) is 0.667. The van der Waals surface area contributed by atoms with Crippen LogP contribution >= 0.6 is 12.2 Å². The number of thiocarbonyl (C=S) groups is 1. The normalized spacial score (nSPS) is 20.7.